The summed E-state index contributed by atoms with van der Waals surface area (Å²) in [7, 11) is 0. The Kier molecular flexibility index (Phi) is 5.48. The average Bonchev–Trinajstić information content (AvgIpc) is 2.47. The van der Waals surface area contributed by atoms with Gasteiger partial charge in [-0.25, -0.2) is 0 Å². The Bertz CT molecular complexity index is 621. The third-order valence-corrected chi connectivity index (χ3v) is 3.35. The predicted molar refractivity (Wildman–Crippen MR) is 83.9 cm³/mol. The van der Waals surface area contributed by atoms with Crippen molar-refractivity contribution >= 4 is 29.0 Å². The van der Waals surface area contributed by atoms with Gasteiger partial charge in [-0.15, -0.1) is 0 Å². The standard InChI is InChI=1S/C16H14Cl2O3/c1-2-20-15-9-4-3-6-11(15)14(19)10-21-16-12(17)7-5-8-13(16)18/h3-9H,2,10H2,1H3. The molecular weight excluding hydrogens is 311 g/mol. The van der Waals surface area contributed by atoms with Crippen LogP contribution in [0.5, 0.6) is 11.5 Å². The van der Waals surface area contributed by atoms with E-state index in [2.05, 4.69) is 0 Å². The summed E-state index contributed by atoms with van der Waals surface area (Å²) in [6.45, 7) is 2.19. The minimum atomic E-state index is -0.199. The highest BCUT2D eigenvalue weighted by Gasteiger charge is 2.14. The smallest absolute Gasteiger partial charge is 0.203 e. The highest BCUT2D eigenvalue weighted by molar-refractivity contribution is 6.37. The van der Waals surface area contributed by atoms with Gasteiger partial charge >= 0.3 is 0 Å². The number of hydrogen-bond donors (Lipinski definition) is 0. The number of halogens is 2. The molecule has 0 saturated heterocycles. The molecule has 0 spiro atoms. The zero-order valence-corrected chi connectivity index (χ0v) is 12.9. The van der Waals surface area contributed by atoms with Crippen molar-refractivity contribution in [3.63, 3.8) is 0 Å². The summed E-state index contributed by atoms with van der Waals surface area (Å²) in [4.78, 5) is 12.2. The number of para-hydroxylation sites is 2. The van der Waals surface area contributed by atoms with Crippen LogP contribution >= 0.6 is 23.2 Å². The van der Waals surface area contributed by atoms with Crippen molar-refractivity contribution in [1.29, 1.82) is 0 Å². The maximum atomic E-state index is 12.2. The topological polar surface area (TPSA) is 35.5 Å². The van der Waals surface area contributed by atoms with Gasteiger partial charge in [-0.1, -0.05) is 41.4 Å². The highest BCUT2D eigenvalue weighted by Crippen LogP contribution is 2.32. The summed E-state index contributed by atoms with van der Waals surface area (Å²) in [6.07, 6.45) is 0. The van der Waals surface area contributed by atoms with Crippen molar-refractivity contribution in [2.24, 2.45) is 0 Å². The molecule has 5 heteroatoms. The molecule has 0 aromatic heterocycles. The molecule has 0 heterocycles. The van der Waals surface area contributed by atoms with Gasteiger partial charge in [0.25, 0.3) is 0 Å². The fraction of sp³-hybridized carbons (Fsp3) is 0.188. The molecule has 2 aromatic carbocycles. The summed E-state index contributed by atoms with van der Waals surface area (Å²) in [6, 6.07) is 12.1. The lowest BCUT2D eigenvalue weighted by atomic mass is 10.1. The number of benzene rings is 2. The third kappa shape index (κ3) is 3.90. The molecule has 0 unspecified atom stereocenters. The van der Waals surface area contributed by atoms with E-state index in [1.54, 1.807) is 36.4 Å². The first-order valence-corrected chi connectivity index (χ1v) is 7.21. The zero-order chi connectivity index (χ0) is 15.2. The van der Waals surface area contributed by atoms with Crippen molar-refractivity contribution in [2.75, 3.05) is 13.2 Å². The minimum Gasteiger partial charge on any atom is -0.493 e. The lowest BCUT2D eigenvalue weighted by molar-refractivity contribution is 0.0918. The average molecular weight is 325 g/mol. The van der Waals surface area contributed by atoms with Crippen LogP contribution in [-0.2, 0) is 0 Å². The first kappa shape index (κ1) is 15.7. The summed E-state index contributed by atoms with van der Waals surface area (Å²) in [5.74, 6) is 0.650. The van der Waals surface area contributed by atoms with E-state index in [9.17, 15) is 4.79 Å². The molecular formula is C16H14Cl2O3. The van der Waals surface area contributed by atoms with Gasteiger partial charge in [0.2, 0.25) is 5.78 Å². The van der Waals surface area contributed by atoms with Crippen molar-refractivity contribution in [3.05, 3.63) is 58.1 Å². The Hall–Kier alpha value is -1.71. The normalized spacial score (nSPS) is 10.2. The maximum absolute atomic E-state index is 12.2. The fourth-order valence-electron chi connectivity index (χ4n) is 1.81. The fourth-order valence-corrected chi connectivity index (χ4v) is 2.32. The SMILES string of the molecule is CCOc1ccccc1C(=O)COc1c(Cl)cccc1Cl. The zero-order valence-electron chi connectivity index (χ0n) is 11.4. The molecule has 0 bridgehead atoms. The molecule has 0 saturated carbocycles. The molecule has 0 radical (unpaired) electrons. The van der Waals surface area contributed by atoms with Gasteiger partial charge in [-0.3, -0.25) is 4.79 Å². The number of carbonyl (C=O) groups is 1. The lowest BCUT2D eigenvalue weighted by Crippen LogP contribution is -2.13. The molecule has 3 nitrogen and oxygen atoms in total. The van der Waals surface area contributed by atoms with Gasteiger partial charge in [-0.05, 0) is 31.2 Å². The molecule has 0 atom stereocenters. The van der Waals surface area contributed by atoms with E-state index in [1.807, 2.05) is 13.0 Å². The Morgan fingerprint density at radius 3 is 2.33 bits per heavy atom. The second kappa shape index (κ2) is 7.34. The quantitative estimate of drug-likeness (QED) is 0.725. The van der Waals surface area contributed by atoms with Crippen LogP contribution < -0.4 is 9.47 Å². The second-order valence-corrected chi connectivity index (χ2v) is 5.01. The maximum Gasteiger partial charge on any atom is 0.203 e. The van der Waals surface area contributed by atoms with Gasteiger partial charge < -0.3 is 9.47 Å². The number of ketones is 1. The number of hydrogen-bond acceptors (Lipinski definition) is 3. The van der Waals surface area contributed by atoms with Crippen LogP contribution in [-0.4, -0.2) is 19.0 Å². The van der Waals surface area contributed by atoms with E-state index in [-0.39, 0.29) is 12.4 Å². The van der Waals surface area contributed by atoms with Crippen molar-refractivity contribution < 1.29 is 14.3 Å². The van der Waals surface area contributed by atoms with E-state index in [4.69, 9.17) is 32.7 Å². The summed E-state index contributed by atoms with van der Waals surface area (Å²) < 4.78 is 10.9. The van der Waals surface area contributed by atoms with Crippen molar-refractivity contribution in [3.8, 4) is 11.5 Å². The van der Waals surface area contributed by atoms with Gasteiger partial charge in [0.1, 0.15) is 5.75 Å². The van der Waals surface area contributed by atoms with Crippen molar-refractivity contribution in [2.45, 2.75) is 6.92 Å². The predicted octanol–water partition coefficient (Wildman–Crippen LogP) is 4.65. The van der Waals surface area contributed by atoms with Crippen LogP contribution in [0.1, 0.15) is 17.3 Å². The molecule has 0 aliphatic rings. The molecule has 21 heavy (non-hydrogen) atoms. The van der Waals surface area contributed by atoms with Crippen LogP contribution in [0.25, 0.3) is 0 Å². The Balaban J connectivity index is 2.12. The largest absolute Gasteiger partial charge is 0.493 e. The molecule has 0 fully saturated rings. The van der Waals surface area contributed by atoms with E-state index in [0.717, 1.165) is 0 Å². The van der Waals surface area contributed by atoms with Gasteiger partial charge in [0.05, 0.1) is 22.2 Å². The Morgan fingerprint density at radius 1 is 1.00 bits per heavy atom. The first-order chi connectivity index (χ1) is 10.1. The minimum absolute atomic E-state index is 0.159. The van der Waals surface area contributed by atoms with Crippen LogP contribution in [0.3, 0.4) is 0 Å². The van der Waals surface area contributed by atoms with E-state index in [1.165, 1.54) is 0 Å². The number of Topliss-reactive ketones (excluding diaryl/α,β-unsaturated/α-hetero) is 1. The van der Waals surface area contributed by atoms with Crippen molar-refractivity contribution in [1.82, 2.24) is 0 Å². The number of carbonyl (C=O) groups excluding carboxylic acids is 1. The van der Waals surface area contributed by atoms with E-state index < -0.39 is 0 Å². The molecule has 0 aliphatic carbocycles. The molecule has 2 aromatic rings. The third-order valence-electron chi connectivity index (χ3n) is 2.75. The van der Waals surface area contributed by atoms with E-state index >= 15 is 0 Å². The molecule has 0 amide bonds. The molecule has 2 rings (SSSR count). The first-order valence-electron chi connectivity index (χ1n) is 6.45. The van der Waals surface area contributed by atoms with Crippen LogP contribution in [0.2, 0.25) is 10.0 Å². The molecule has 110 valence electrons. The Labute approximate surface area is 133 Å². The van der Waals surface area contributed by atoms with Gasteiger partial charge in [0.15, 0.2) is 12.4 Å². The van der Waals surface area contributed by atoms with Crippen LogP contribution in [0, 0.1) is 0 Å². The second-order valence-electron chi connectivity index (χ2n) is 4.19. The highest BCUT2D eigenvalue weighted by atomic mass is 35.5. The molecule has 0 N–H and O–H groups in total. The monoisotopic (exact) mass is 324 g/mol. The summed E-state index contributed by atoms with van der Waals surface area (Å²) >= 11 is 12.0. The van der Waals surface area contributed by atoms with Crippen LogP contribution in [0.4, 0.5) is 0 Å². The lowest BCUT2D eigenvalue weighted by Gasteiger charge is -2.11. The number of rotatable bonds is 6. The van der Waals surface area contributed by atoms with Gasteiger partial charge in [-0.2, -0.15) is 0 Å². The van der Waals surface area contributed by atoms with Crippen LogP contribution in [0.15, 0.2) is 42.5 Å². The summed E-state index contributed by atoms with van der Waals surface area (Å²) in [5, 5.41) is 0.738. The summed E-state index contributed by atoms with van der Waals surface area (Å²) in [5.41, 5.74) is 0.475. The Morgan fingerprint density at radius 2 is 1.67 bits per heavy atom. The van der Waals surface area contributed by atoms with E-state index in [0.29, 0.717) is 33.7 Å². The van der Waals surface area contributed by atoms with Gasteiger partial charge in [0, 0.05) is 0 Å². The molecule has 0 aliphatic heterocycles. The number of ether oxygens (including phenoxy) is 2.